The first-order chi connectivity index (χ1) is 10.9. The van der Waals surface area contributed by atoms with Gasteiger partial charge in [-0.25, -0.2) is 8.78 Å². The normalized spacial score (nSPS) is 19.2. The molecule has 3 N–H and O–H groups in total. The van der Waals surface area contributed by atoms with E-state index in [9.17, 15) is 23.2 Å². The molecular formula is C16H18F2N2O3. The van der Waals surface area contributed by atoms with Crippen LogP contribution in [0, 0.1) is 17.6 Å². The third kappa shape index (κ3) is 4.34. The maximum absolute atomic E-state index is 13.6. The quantitative estimate of drug-likeness (QED) is 0.854. The Morgan fingerprint density at radius 3 is 2.52 bits per heavy atom. The molecule has 0 aromatic heterocycles. The first-order valence-electron chi connectivity index (χ1n) is 7.41. The molecule has 0 spiro atoms. The second-order valence-electron chi connectivity index (χ2n) is 5.72. The highest BCUT2D eigenvalue weighted by Crippen LogP contribution is 2.24. The third-order valence-electron chi connectivity index (χ3n) is 4.01. The molecule has 1 saturated carbocycles. The van der Waals surface area contributed by atoms with Gasteiger partial charge in [-0.05, 0) is 30.9 Å². The monoisotopic (exact) mass is 324 g/mol. The standard InChI is InChI=1S/C16H18F2N2O3/c17-12-5-2-6-13(18)11(12)8-14(22)20-15(16(19)23)9-3-1-4-10(21)7-9/h2,5-6,9,15H,1,3-4,7-8H2,(H2,19,23)(H,20,22)/t9-,15+/m0/s1. The first kappa shape index (κ1) is 17.1. The molecule has 0 heterocycles. The minimum Gasteiger partial charge on any atom is -0.368 e. The maximum atomic E-state index is 13.6. The summed E-state index contributed by atoms with van der Waals surface area (Å²) < 4.78 is 27.1. The molecule has 2 rings (SSSR count). The molecule has 124 valence electrons. The molecule has 2 amide bonds. The van der Waals surface area contributed by atoms with Gasteiger partial charge in [0, 0.05) is 18.4 Å². The number of carbonyl (C=O) groups excluding carboxylic acids is 3. The molecule has 2 atom stereocenters. The number of Topliss-reactive ketones (excluding diaryl/α,β-unsaturated/α-hetero) is 1. The van der Waals surface area contributed by atoms with Crippen molar-refractivity contribution >= 4 is 17.6 Å². The van der Waals surface area contributed by atoms with Crippen molar-refractivity contribution in [2.75, 3.05) is 0 Å². The van der Waals surface area contributed by atoms with Crippen LogP contribution < -0.4 is 11.1 Å². The number of halogens is 2. The van der Waals surface area contributed by atoms with Crippen LogP contribution in [0.5, 0.6) is 0 Å². The number of hydrogen-bond donors (Lipinski definition) is 2. The first-order valence-corrected chi connectivity index (χ1v) is 7.41. The van der Waals surface area contributed by atoms with Crippen LogP contribution in [0.25, 0.3) is 0 Å². The second kappa shape index (κ2) is 7.30. The highest BCUT2D eigenvalue weighted by atomic mass is 19.1. The lowest BCUT2D eigenvalue weighted by Crippen LogP contribution is -2.50. The van der Waals surface area contributed by atoms with E-state index in [0.29, 0.717) is 19.3 Å². The Hall–Kier alpha value is -2.31. The predicted octanol–water partition coefficient (Wildman–Crippen LogP) is 1.24. The fraction of sp³-hybridized carbons (Fsp3) is 0.438. The van der Waals surface area contributed by atoms with Crippen molar-refractivity contribution in [3.63, 3.8) is 0 Å². The van der Waals surface area contributed by atoms with Crippen molar-refractivity contribution < 1.29 is 23.2 Å². The molecule has 23 heavy (non-hydrogen) atoms. The van der Waals surface area contributed by atoms with Crippen molar-refractivity contribution in [2.45, 2.75) is 38.1 Å². The van der Waals surface area contributed by atoms with Gasteiger partial charge in [0.15, 0.2) is 0 Å². The second-order valence-corrected chi connectivity index (χ2v) is 5.72. The van der Waals surface area contributed by atoms with E-state index in [0.717, 1.165) is 12.1 Å². The van der Waals surface area contributed by atoms with Crippen molar-refractivity contribution in [2.24, 2.45) is 11.7 Å². The van der Waals surface area contributed by atoms with Crippen molar-refractivity contribution in [1.29, 1.82) is 0 Å². The highest BCUT2D eigenvalue weighted by molar-refractivity contribution is 5.89. The number of carbonyl (C=O) groups is 3. The highest BCUT2D eigenvalue weighted by Gasteiger charge is 2.32. The fourth-order valence-corrected chi connectivity index (χ4v) is 2.85. The summed E-state index contributed by atoms with van der Waals surface area (Å²) in [5.74, 6) is -3.49. The van der Waals surface area contributed by atoms with E-state index >= 15 is 0 Å². The van der Waals surface area contributed by atoms with Crippen LogP contribution in [0.1, 0.15) is 31.2 Å². The molecule has 1 aliphatic carbocycles. The smallest absolute Gasteiger partial charge is 0.240 e. The number of nitrogens with two attached hydrogens (primary N) is 1. The zero-order valence-electron chi connectivity index (χ0n) is 12.5. The number of primary amides is 1. The van der Waals surface area contributed by atoms with Crippen molar-refractivity contribution in [3.8, 4) is 0 Å². The number of amides is 2. The van der Waals surface area contributed by atoms with Crippen LogP contribution >= 0.6 is 0 Å². The molecule has 7 heteroatoms. The van der Waals surface area contributed by atoms with Gasteiger partial charge < -0.3 is 11.1 Å². The summed E-state index contributed by atoms with van der Waals surface area (Å²) in [6.45, 7) is 0. The van der Waals surface area contributed by atoms with Gasteiger partial charge in [-0.15, -0.1) is 0 Å². The van der Waals surface area contributed by atoms with Gasteiger partial charge in [0.2, 0.25) is 11.8 Å². The predicted molar refractivity (Wildman–Crippen MR) is 78.2 cm³/mol. The van der Waals surface area contributed by atoms with Crippen molar-refractivity contribution in [1.82, 2.24) is 5.32 Å². The molecular weight excluding hydrogens is 306 g/mol. The van der Waals surface area contributed by atoms with E-state index in [1.807, 2.05) is 0 Å². The average molecular weight is 324 g/mol. The molecule has 0 saturated heterocycles. The largest absolute Gasteiger partial charge is 0.368 e. The Morgan fingerprint density at radius 1 is 1.30 bits per heavy atom. The number of rotatable bonds is 5. The lowest BCUT2D eigenvalue weighted by atomic mass is 9.82. The zero-order chi connectivity index (χ0) is 17.0. The van der Waals surface area contributed by atoms with Gasteiger partial charge in [-0.1, -0.05) is 6.07 Å². The summed E-state index contributed by atoms with van der Waals surface area (Å²) in [5.41, 5.74) is 4.93. The number of nitrogens with one attached hydrogen (secondary N) is 1. The number of hydrogen-bond acceptors (Lipinski definition) is 3. The minimum atomic E-state index is -1.01. The summed E-state index contributed by atoms with van der Waals surface area (Å²) in [6, 6.07) is 2.29. The van der Waals surface area contributed by atoms with E-state index < -0.39 is 35.9 Å². The zero-order valence-corrected chi connectivity index (χ0v) is 12.5. The van der Waals surface area contributed by atoms with E-state index in [1.165, 1.54) is 6.07 Å². The van der Waals surface area contributed by atoms with Gasteiger partial charge in [0.05, 0.1) is 6.42 Å². The molecule has 0 aliphatic heterocycles. The molecule has 5 nitrogen and oxygen atoms in total. The van der Waals surface area contributed by atoms with Crippen LogP contribution in [0.3, 0.4) is 0 Å². The number of ketones is 1. The van der Waals surface area contributed by atoms with E-state index in [4.69, 9.17) is 5.73 Å². The van der Waals surface area contributed by atoms with Gasteiger partial charge in [-0.2, -0.15) is 0 Å². The summed E-state index contributed by atoms with van der Waals surface area (Å²) in [6.07, 6.45) is 1.31. The van der Waals surface area contributed by atoms with Gasteiger partial charge in [0.1, 0.15) is 23.5 Å². The topological polar surface area (TPSA) is 89.3 Å². The summed E-state index contributed by atoms with van der Waals surface area (Å²) >= 11 is 0. The molecule has 0 unspecified atom stereocenters. The van der Waals surface area contributed by atoms with Crippen LogP contribution in [0.2, 0.25) is 0 Å². The van der Waals surface area contributed by atoms with Gasteiger partial charge in [-0.3, -0.25) is 14.4 Å². The third-order valence-corrected chi connectivity index (χ3v) is 4.01. The van der Waals surface area contributed by atoms with Crippen LogP contribution in [-0.2, 0) is 20.8 Å². The Morgan fingerprint density at radius 2 is 1.96 bits per heavy atom. The van der Waals surface area contributed by atoms with Crippen LogP contribution in [0.15, 0.2) is 18.2 Å². The summed E-state index contributed by atoms with van der Waals surface area (Å²) in [4.78, 5) is 35.1. The van der Waals surface area contributed by atoms with E-state index in [-0.39, 0.29) is 23.7 Å². The molecule has 0 bridgehead atoms. The molecule has 1 aromatic carbocycles. The fourth-order valence-electron chi connectivity index (χ4n) is 2.85. The summed E-state index contributed by atoms with van der Waals surface area (Å²) in [7, 11) is 0. The Kier molecular flexibility index (Phi) is 5.41. The Balaban J connectivity index is 2.06. The molecule has 1 aliphatic rings. The Labute approximate surface area is 132 Å². The Bertz CT molecular complexity index is 614. The van der Waals surface area contributed by atoms with E-state index in [1.54, 1.807) is 0 Å². The maximum Gasteiger partial charge on any atom is 0.240 e. The van der Waals surface area contributed by atoms with Crippen LogP contribution in [-0.4, -0.2) is 23.6 Å². The average Bonchev–Trinajstić information content (AvgIpc) is 2.48. The number of benzene rings is 1. The molecule has 0 radical (unpaired) electrons. The minimum absolute atomic E-state index is 0.0156. The lowest BCUT2D eigenvalue weighted by molar-refractivity contribution is -0.130. The van der Waals surface area contributed by atoms with Crippen LogP contribution in [0.4, 0.5) is 8.78 Å². The SMILES string of the molecule is NC(=O)[C@H](NC(=O)Cc1c(F)cccc1F)[C@H]1CCCC(=O)C1. The van der Waals surface area contributed by atoms with Gasteiger partial charge >= 0.3 is 0 Å². The van der Waals surface area contributed by atoms with Gasteiger partial charge in [0.25, 0.3) is 0 Å². The molecule has 1 fully saturated rings. The van der Waals surface area contributed by atoms with E-state index in [2.05, 4.69) is 5.32 Å². The lowest BCUT2D eigenvalue weighted by Gasteiger charge is -2.28. The summed E-state index contributed by atoms with van der Waals surface area (Å²) in [5, 5.41) is 2.41. The molecule has 1 aromatic rings. The van der Waals surface area contributed by atoms with Crippen molar-refractivity contribution in [3.05, 3.63) is 35.4 Å².